The summed E-state index contributed by atoms with van der Waals surface area (Å²) in [6, 6.07) is 0. The van der Waals surface area contributed by atoms with Gasteiger partial charge in [0.2, 0.25) is 13.2 Å². The summed E-state index contributed by atoms with van der Waals surface area (Å²) in [6.45, 7) is 4.00. The molecule has 0 bridgehead atoms. The highest BCUT2D eigenvalue weighted by Crippen LogP contribution is 2.55. The van der Waals surface area contributed by atoms with Crippen LogP contribution < -0.4 is 10.5 Å². The monoisotopic (exact) mass is 484 g/mol. The van der Waals surface area contributed by atoms with E-state index in [1.165, 1.54) is 6.33 Å². The molecule has 2 fully saturated rings. The number of hydrogen-bond acceptors (Lipinski definition) is 6. The lowest BCUT2D eigenvalue weighted by Crippen LogP contribution is -2.41. The van der Waals surface area contributed by atoms with Crippen LogP contribution in [0.15, 0.2) is 35.1 Å². The van der Waals surface area contributed by atoms with E-state index in [1.54, 1.807) is 0 Å². The van der Waals surface area contributed by atoms with Gasteiger partial charge in [-0.25, -0.2) is 9.98 Å². The minimum Gasteiger partial charge on any atom is -0.463 e. The van der Waals surface area contributed by atoms with Gasteiger partial charge in [0.25, 0.3) is 0 Å². The van der Waals surface area contributed by atoms with Crippen molar-refractivity contribution in [2.24, 2.45) is 22.7 Å². The predicted octanol–water partition coefficient (Wildman–Crippen LogP) is 5.82. The molecule has 4 aliphatic rings. The highest BCUT2D eigenvalue weighted by Gasteiger charge is 2.38. The van der Waals surface area contributed by atoms with Crippen molar-refractivity contribution in [2.75, 3.05) is 11.9 Å². The molecule has 2 heterocycles. The van der Waals surface area contributed by atoms with Gasteiger partial charge in [-0.2, -0.15) is 4.98 Å². The minimum atomic E-state index is -2.99. The summed E-state index contributed by atoms with van der Waals surface area (Å²) in [7, 11) is -2.99. The molecule has 0 spiro atoms. The number of anilines is 1. The summed E-state index contributed by atoms with van der Waals surface area (Å²) in [5, 5.41) is 0. The number of aromatic nitrogens is 2. The van der Waals surface area contributed by atoms with Crippen LogP contribution >= 0.6 is 7.37 Å². The van der Waals surface area contributed by atoms with Crippen molar-refractivity contribution in [1.29, 1.82) is 0 Å². The summed E-state index contributed by atoms with van der Waals surface area (Å²) < 4.78 is 19.0. The fraction of sp³-hybridized carbons (Fsp3) is 0.654. The zero-order chi connectivity index (χ0) is 23.9. The third-order valence-electron chi connectivity index (χ3n) is 8.28. The summed E-state index contributed by atoms with van der Waals surface area (Å²) >= 11 is 0. The van der Waals surface area contributed by atoms with E-state index in [0.29, 0.717) is 41.3 Å². The number of hydrogen-bond donors (Lipinski definition) is 2. The van der Waals surface area contributed by atoms with Crippen LogP contribution in [-0.4, -0.2) is 38.0 Å². The molecular weight excluding hydrogens is 447 g/mol. The number of ether oxygens (including phenoxy) is 1. The number of nitrogens with two attached hydrogens (primary N) is 1. The van der Waals surface area contributed by atoms with Gasteiger partial charge in [0.1, 0.15) is 11.9 Å². The molecule has 2 atom stereocenters. The Morgan fingerprint density at radius 3 is 2.56 bits per heavy atom. The SMILES string of the molecule is CC1(C)Oc2ncnc(N)c2N=C1C1=CCC(C2CCC(CP(=O)(O)C3CCCC3)CC2)C=C1. The van der Waals surface area contributed by atoms with E-state index in [9.17, 15) is 9.46 Å². The van der Waals surface area contributed by atoms with Gasteiger partial charge in [-0.05, 0) is 82.1 Å². The second-order valence-electron chi connectivity index (χ2n) is 11.1. The molecule has 7 nitrogen and oxygen atoms in total. The van der Waals surface area contributed by atoms with Gasteiger partial charge in [0.15, 0.2) is 11.5 Å². The van der Waals surface area contributed by atoms with E-state index in [4.69, 9.17) is 15.5 Å². The van der Waals surface area contributed by atoms with Crippen molar-refractivity contribution in [1.82, 2.24) is 9.97 Å². The molecule has 5 rings (SSSR count). The Kier molecular flexibility index (Phi) is 6.45. The number of allylic oxidation sites excluding steroid dienone is 3. The van der Waals surface area contributed by atoms with Crippen molar-refractivity contribution in [3.05, 3.63) is 30.1 Å². The molecular formula is C26H37N4O3P. The Balaban J connectivity index is 1.20. The van der Waals surface area contributed by atoms with Crippen LogP contribution in [0.25, 0.3) is 0 Å². The number of nitrogens with zero attached hydrogens (tertiary/aromatic N) is 3. The molecule has 1 aliphatic heterocycles. The Morgan fingerprint density at radius 2 is 1.88 bits per heavy atom. The van der Waals surface area contributed by atoms with Crippen molar-refractivity contribution >= 4 is 24.6 Å². The molecule has 0 aromatic carbocycles. The Labute approximate surface area is 202 Å². The molecule has 2 unspecified atom stereocenters. The van der Waals surface area contributed by atoms with Crippen molar-refractivity contribution in [3.8, 4) is 5.88 Å². The van der Waals surface area contributed by atoms with Crippen LogP contribution in [0.1, 0.15) is 71.6 Å². The second kappa shape index (κ2) is 9.23. The van der Waals surface area contributed by atoms with Gasteiger partial charge in [0, 0.05) is 11.8 Å². The van der Waals surface area contributed by atoms with Gasteiger partial charge in [-0.1, -0.05) is 31.1 Å². The van der Waals surface area contributed by atoms with Crippen molar-refractivity contribution in [3.63, 3.8) is 0 Å². The third kappa shape index (κ3) is 4.74. The van der Waals surface area contributed by atoms with Crippen LogP contribution in [0.2, 0.25) is 0 Å². The molecule has 0 radical (unpaired) electrons. The average Bonchev–Trinajstić information content (AvgIpc) is 3.35. The Morgan fingerprint density at radius 1 is 1.15 bits per heavy atom. The van der Waals surface area contributed by atoms with Gasteiger partial charge in [0.05, 0.1) is 5.71 Å². The fourth-order valence-corrected chi connectivity index (χ4v) is 8.87. The first-order valence-corrected chi connectivity index (χ1v) is 14.7. The smallest absolute Gasteiger partial charge is 0.246 e. The molecule has 1 aromatic heterocycles. The number of fused-ring (bicyclic) bond motifs is 1. The lowest BCUT2D eigenvalue weighted by Gasteiger charge is -2.36. The average molecular weight is 485 g/mol. The fourth-order valence-electron chi connectivity index (χ4n) is 6.29. The van der Waals surface area contributed by atoms with E-state index in [-0.39, 0.29) is 5.66 Å². The number of aliphatic imine (C=N–C) groups is 1. The zero-order valence-corrected chi connectivity index (χ0v) is 21.2. The van der Waals surface area contributed by atoms with Crippen molar-refractivity contribution in [2.45, 2.75) is 82.9 Å². The first-order chi connectivity index (χ1) is 16.2. The van der Waals surface area contributed by atoms with E-state index in [1.807, 2.05) is 13.8 Å². The number of rotatable bonds is 5. The van der Waals surface area contributed by atoms with E-state index >= 15 is 0 Å². The molecule has 34 heavy (non-hydrogen) atoms. The molecule has 0 amide bonds. The minimum absolute atomic E-state index is 0.0693. The third-order valence-corrected chi connectivity index (χ3v) is 11.0. The van der Waals surface area contributed by atoms with Gasteiger partial charge in [-0.15, -0.1) is 0 Å². The normalized spacial score (nSPS) is 30.6. The predicted molar refractivity (Wildman–Crippen MR) is 136 cm³/mol. The van der Waals surface area contributed by atoms with Crippen LogP contribution in [0.5, 0.6) is 5.88 Å². The highest BCUT2D eigenvalue weighted by molar-refractivity contribution is 7.58. The first kappa shape index (κ1) is 23.7. The summed E-state index contributed by atoms with van der Waals surface area (Å²) in [5.74, 6) is 2.31. The van der Waals surface area contributed by atoms with E-state index < -0.39 is 13.0 Å². The lowest BCUT2D eigenvalue weighted by atomic mass is 9.73. The largest absolute Gasteiger partial charge is 0.463 e. The quantitative estimate of drug-likeness (QED) is 0.509. The van der Waals surface area contributed by atoms with E-state index in [0.717, 1.165) is 69.1 Å². The summed E-state index contributed by atoms with van der Waals surface area (Å²) in [4.78, 5) is 23.7. The van der Waals surface area contributed by atoms with Gasteiger partial charge >= 0.3 is 0 Å². The Hall–Kier alpha value is -1.98. The van der Waals surface area contributed by atoms with Crippen LogP contribution in [0, 0.1) is 17.8 Å². The Bertz CT molecular complexity index is 1070. The molecule has 3 N–H and O–H groups in total. The maximum Gasteiger partial charge on any atom is 0.246 e. The van der Waals surface area contributed by atoms with Crippen LogP contribution in [0.4, 0.5) is 11.5 Å². The van der Waals surface area contributed by atoms with Gasteiger partial charge < -0.3 is 15.4 Å². The lowest BCUT2D eigenvalue weighted by molar-refractivity contribution is 0.171. The van der Waals surface area contributed by atoms with Crippen molar-refractivity contribution < 1.29 is 14.2 Å². The second-order valence-corrected chi connectivity index (χ2v) is 13.7. The molecule has 0 saturated heterocycles. The molecule has 1 aromatic rings. The van der Waals surface area contributed by atoms with Crippen LogP contribution in [0.3, 0.4) is 0 Å². The van der Waals surface area contributed by atoms with E-state index in [2.05, 4.69) is 28.2 Å². The number of nitrogen functional groups attached to an aromatic ring is 1. The van der Waals surface area contributed by atoms with Gasteiger partial charge in [-0.3, -0.25) is 4.57 Å². The highest BCUT2D eigenvalue weighted by atomic mass is 31.2. The standard InChI is InChI=1S/C26H37N4O3P/c1-26(2)23(30-22-24(27)28-16-29-25(22)33-26)20-13-11-19(12-14-20)18-9-7-17(8-10-18)15-34(31,32)21-5-3-4-6-21/h11,13-14,16-19,21H,3-10,12,15H2,1-2H3,(H,31,32)(H2,27,28,29). The maximum absolute atomic E-state index is 12.9. The summed E-state index contributed by atoms with van der Waals surface area (Å²) in [6.07, 6.45) is 18.3. The molecule has 3 aliphatic carbocycles. The molecule has 2 saturated carbocycles. The van der Waals surface area contributed by atoms with Crippen LogP contribution in [-0.2, 0) is 4.57 Å². The maximum atomic E-state index is 12.9. The first-order valence-electron chi connectivity index (χ1n) is 12.8. The molecule has 184 valence electrons. The zero-order valence-electron chi connectivity index (χ0n) is 20.3. The summed E-state index contributed by atoms with van der Waals surface area (Å²) in [5.41, 5.74) is 7.91. The molecule has 8 heteroatoms. The topological polar surface area (TPSA) is 111 Å².